The molecule has 0 aliphatic heterocycles. The van der Waals surface area contributed by atoms with Crippen molar-refractivity contribution in [1.29, 1.82) is 0 Å². The lowest BCUT2D eigenvalue weighted by molar-refractivity contribution is 0.104. The number of aryl methyl sites for hydroxylation is 1. The number of fused-ring (bicyclic) bond motifs is 1. The molecule has 0 atom stereocenters. The van der Waals surface area contributed by atoms with Crippen LogP contribution in [-0.4, -0.2) is 10.8 Å². The lowest BCUT2D eigenvalue weighted by Gasteiger charge is -2.06. The van der Waals surface area contributed by atoms with Crippen molar-refractivity contribution in [3.63, 3.8) is 0 Å². The highest BCUT2D eigenvalue weighted by atomic mass is 16.1. The van der Waals surface area contributed by atoms with Gasteiger partial charge in [0.15, 0.2) is 5.78 Å². The molecule has 0 spiro atoms. The van der Waals surface area contributed by atoms with E-state index in [0.29, 0.717) is 22.5 Å². The summed E-state index contributed by atoms with van der Waals surface area (Å²) in [6.07, 6.45) is 0. The second kappa shape index (κ2) is 4.42. The molecule has 0 aliphatic rings. The van der Waals surface area contributed by atoms with Crippen LogP contribution in [0, 0.1) is 6.92 Å². The number of nitrogen functional groups attached to an aromatic ring is 2. The van der Waals surface area contributed by atoms with Gasteiger partial charge >= 0.3 is 0 Å². The minimum absolute atomic E-state index is 0.0857. The van der Waals surface area contributed by atoms with Crippen LogP contribution in [0.4, 0.5) is 11.4 Å². The molecule has 1 aromatic heterocycles. The molecule has 20 heavy (non-hydrogen) atoms. The number of para-hydroxylation sites is 1. The Hall–Kier alpha value is -2.75. The van der Waals surface area contributed by atoms with Gasteiger partial charge in [0.05, 0.1) is 5.56 Å². The molecule has 5 N–H and O–H groups in total. The fraction of sp³-hybridized carbons (Fsp3) is 0.0625. The highest BCUT2D eigenvalue weighted by Crippen LogP contribution is 2.27. The number of nitrogens with one attached hydrogen (secondary N) is 1. The molecule has 100 valence electrons. The first-order valence-electron chi connectivity index (χ1n) is 6.35. The van der Waals surface area contributed by atoms with Crippen molar-refractivity contribution in [2.45, 2.75) is 6.92 Å². The molecule has 0 saturated carbocycles. The number of nitrogens with two attached hydrogens (primary N) is 2. The maximum atomic E-state index is 12.7. The van der Waals surface area contributed by atoms with Gasteiger partial charge in [-0.25, -0.2) is 0 Å². The first-order valence-corrected chi connectivity index (χ1v) is 6.35. The maximum absolute atomic E-state index is 12.7. The summed E-state index contributed by atoms with van der Waals surface area (Å²) < 4.78 is 0. The van der Waals surface area contributed by atoms with E-state index < -0.39 is 0 Å². The Bertz CT molecular complexity index is 818. The molecule has 0 saturated heterocycles. The highest BCUT2D eigenvalue weighted by molar-refractivity contribution is 6.19. The van der Waals surface area contributed by atoms with E-state index in [1.807, 2.05) is 31.2 Å². The van der Waals surface area contributed by atoms with Gasteiger partial charge in [0.1, 0.15) is 0 Å². The minimum Gasteiger partial charge on any atom is -0.399 e. The number of carbonyl (C=O) groups excluding carboxylic acids is 1. The number of aromatic amines is 1. The largest absolute Gasteiger partial charge is 0.399 e. The lowest BCUT2D eigenvalue weighted by Crippen LogP contribution is -2.06. The van der Waals surface area contributed by atoms with Gasteiger partial charge in [0, 0.05) is 33.5 Å². The van der Waals surface area contributed by atoms with Gasteiger partial charge in [-0.2, -0.15) is 0 Å². The molecule has 0 bridgehead atoms. The molecule has 0 radical (unpaired) electrons. The van der Waals surface area contributed by atoms with Crippen LogP contribution < -0.4 is 11.5 Å². The molecule has 4 heteroatoms. The first kappa shape index (κ1) is 12.3. The summed E-state index contributed by atoms with van der Waals surface area (Å²) in [7, 11) is 0. The number of rotatable bonds is 2. The lowest BCUT2D eigenvalue weighted by atomic mass is 9.99. The van der Waals surface area contributed by atoms with Crippen LogP contribution in [0.1, 0.15) is 21.6 Å². The number of H-pyrrole nitrogens is 1. The molecule has 3 rings (SSSR count). The summed E-state index contributed by atoms with van der Waals surface area (Å²) >= 11 is 0. The monoisotopic (exact) mass is 265 g/mol. The Balaban J connectivity index is 2.20. The average molecular weight is 265 g/mol. The third-order valence-electron chi connectivity index (χ3n) is 3.44. The fourth-order valence-electron chi connectivity index (χ4n) is 2.49. The molecule has 0 amide bonds. The number of ketones is 1. The van der Waals surface area contributed by atoms with E-state index in [0.717, 1.165) is 16.6 Å². The van der Waals surface area contributed by atoms with Crippen LogP contribution >= 0.6 is 0 Å². The van der Waals surface area contributed by atoms with E-state index in [1.54, 1.807) is 18.2 Å². The van der Waals surface area contributed by atoms with E-state index in [-0.39, 0.29) is 5.78 Å². The summed E-state index contributed by atoms with van der Waals surface area (Å²) in [6, 6.07) is 12.7. The molecule has 3 aromatic rings. The number of aromatic nitrogens is 1. The van der Waals surface area contributed by atoms with Crippen LogP contribution in [0.3, 0.4) is 0 Å². The van der Waals surface area contributed by atoms with Gasteiger partial charge in [-0.05, 0) is 31.2 Å². The zero-order chi connectivity index (χ0) is 14.3. The average Bonchev–Trinajstić information content (AvgIpc) is 2.73. The molecule has 4 nitrogen and oxygen atoms in total. The SMILES string of the molecule is Cc1[nH]c2ccccc2c1C(=O)c1ccc(N)cc1N. The van der Waals surface area contributed by atoms with Crippen LogP contribution in [-0.2, 0) is 0 Å². The smallest absolute Gasteiger partial charge is 0.197 e. The fourth-order valence-corrected chi connectivity index (χ4v) is 2.49. The van der Waals surface area contributed by atoms with E-state index in [2.05, 4.69) is 4.98 Å². The van der Waals surface area contributed by atoms with E-state index in [4.69, 9.17) is 11.5 Å². The summed E-state index contributed by atoms with van der Waals surface area (Å²) in [5.74, 6) is -0.0857. The van der Waals surface area contributed by atoms with Crippen molar-refractivity contribution in [1.82, 2.24) is 4.98 Å². The maximum Gasteiger partial charge on any atom is 0.197 e. The Kier molecular flexibility index (Phi) is 2.71. The molecular weight excluding hydrogens is 250 g/mol. The number of carbonyl (C=O) groups is 1. The van der Waals surface area contributed by atoms with Gasteiger partial charge in [-0.15, -0.1) is 0 Å². The molecule has 1 heterocycles. The van der Waals surface area contributed by atoms with Gasteiger partial charge in [0.2, 0.25) is 0 Å². The van der Waals surface area contributed by atoms with Gasteiger partial charge < -0.3 is 16.5 Å². The third kappa shape index (κ3) is 1.82. The standard InChI is InChI=1S/C16H15N3O/c1-9-15(12-4-2-3-5-14(12)19-9)16(20)11-7-6-10(17)8-13(11)18/h2-8,19H,17-18H2,1H3. The summed E-state index contributed by atoms with van der Waals surface area (Å²) in [6.45, 7) is 1.89. The molecular formula is C16H15N3O. The predicted molar refractivity (Wildman–Crippen MR) is 81.7 cm³/mol. The second-order valence-corrected chi connectivity index (χ2v) is 4.85. The van der Waals surface area contributed by atoms with Crippen LogP contribution in [0.25, 0.3) is 10.9 Å². The van der Waals surface area contributed by atoms with Crippen molar-refractivity contribution in [2.75, 3.05) is 11.5 Å². The van der Waals surface area contributed by atoms with Crippen molar-refractivity contribution in [3.8, 4) is 0 Å². The van der Waals surface area contributed by atoms with Gasteiger partial charge in [-0.1, -0.05) is 18.2 Å². The zero-order valence-electron chi connectivity index (χ0n) is 11.1. The molecule has 0 fully saturated rings. The van der Waals surface area contributed by atoms with E-state index >= 15 is 0 Å². The quantitative estimate of drug-likeness (QED) is 0.492. The zero-order valence-corrected chi connectivity index (χ0v) is 11.1. The number of hydrogen-bond donors (Lipinski definition) is 3. The highest BCUT2D eigenvalue weighted by Gasteiger charge is 2.19. The second-order valence-electron chi connectivity index (χ2n) is 4.85. The van der Waals surface area contributed by atoms with Crippen molar-refractivity contribution >= 4 is 28.1 Å². The third-order valence-corrected chi connectivity index (χ3v) is 3.44. The van der Waals surface area contributed by atoms with Crippen LogP contribution in [0.5, 0.6) is 0 Å². The first-order chi connectivity index (χ1) is 9.58. The van der Waals surface area contributed by atoms with E-state index in [1.165, 1.54) is 0 Å². The van der Waals surface area contributed by atoms with Crippen LogP contribution in [0.2, 0.25) is 0 Å². The minimum atomic E-state index is -0.0857. The molecule has 0 aliphatic carbocycles. The molecule has 2 aromatic carbocycles. The summed E-state index contributed by atoms with van der Waals surface area (Å²) in [5, 5.41) is 0.909. The Morgan fingerprint density at radius 1 is 1.10 bits per heavy atom. The number of benzene rings is 2. The Labute approximate surface area is 116 Å². The Morgan fingerprint density at radius 3 is 2.60 bits per heavy atom. The van der Waals surface area contributed by atoms with Crippen molar-refractivity contribution in [3.05, 3.63) is 59.3 Å². The number of hydrogen-bond acceptors (Lipinski definition) is 3. The molecule has 0 unspecified atom stereocenters. The predicted octanol–water partition coefficient (Wildman–Crippen LogP) is 2.87. The van der Waals surface area contributed by atoms with Gasteiger partial charge in [0.25, 0.3) is 0 Å². The van der Waals surface area contributed by atoms with E-state index in [9.17, 15) is 4.79 Å². The van der Waals surface area contributed by atoms with Gasteiger partial charge in [-0.3, -0.25) is 4.79 Å². The summed E-state index contributed by atoms with van der Waals surface area (Å²) in [4.78, 5) is 16.0. The Morgan fingerprint density at radius 2 is 1.85 bits per heavy atom. The summed E-state index contributed by atoms with van der Waals surface area (Å²) in [5.41, 5.74) is 15.5. The van der Waals surface area contributed by atoms with Crippen molar-refractivity contribution < 1.29 is 4.79 Å². The van der Waals surface area contributed by atoms with Crippen LogP contribution in [0.15, 0.2) is 42.5 Å². The normalized spacial score (nSPS) is 10.8. The van der Waals surface area contributed by atoms with Crippen molar-refractivity contribution in [2.24, 2.45) is 0 Å². The topological polar surface area (TPSA) is 84.9 Å². The number of anilines is 2.